The van der Waals surface area contributed by atoms with E-state index >= 15 is 0 Å². The molecule has 0 amide bonds. The molecule has 0 fully saturated rings. The molecule has 0 spiro atoms. The number of hydrogen-bond acceptors (Lipinski definition) is 7. The van der Waals surface area contributed by atoms with Gasteiger partial charge in [-0.3, -0.25) is 4.55 Å². The van der Waals surface area contributed by atoms with Crippen LogP contribution in [-0.2, 0) is 28.0 Å². The summed E-state index contributed by atoms with van der Waals surface area (Å²) in [5.41, 5.74) is 0. The first kappa shape index (κ1) is 69.9. The Morgan fingerprint density at radius 1 is 0.649 bits per heavy atom. The van der Waals surface area contributed by atoms with E-state index in [0.717, 1.165) is 12.8 Å². The topological polar surface area (TPSA) is 245 Å². The Balaban J connectivity index is -0.0000000397. The van der Waals surface area contributed by atoms with Gasteiger partial charge in [0.15, 0.2) is 0 Å². The predicted molar refractivity (Wildman–Crippen MR) is 155 cm³/mol. The fourth-order valence-corrected chi connectivity index (χ4v) is 3.33. The van der Waals surface area contributed by atoms with Crippen LogP contribution in [-0.4, -0.2) is 262 Å². The maximum absolute atomic E-state index is 10.2. The Bertz CT molecular complexity index is 613. The van der Waals surface area contributed by atoms with E-state index in [0.29, 0.717) is 6.42 Å². The fraction of sp³-hybridized carbons (Fsp3) is 0.923. The van der Waals surface area contributed by atoms with Gasteiger partial charge in [0.1, 0.15) is 0 Å². The summed E-state index contributed by atoms with van der Waals surface area (Å²) in [4.78, 5) is 39.6. The molecule has 0 saturated heterocycles. The second-order valence-corrected chi connectivity index (χ2v) is 9.48. The molecule has 0 heterocycles. The van der Waals surface area contributed by atoms with Gasteiger partial charge in [0, 0.05) is 0 Å². The third-order valence-electron chi connectivity index (χ3n) is 2.94. The van der Waals surface area contributed by atoms with E-state index in [4.69, 9.17) is 39.1 Å². The van der Waals surface area contributed by atoms with Gasteiger partial charge in [-0.2, -0.15) is 12.7 Å². The molecule has 7 N–H and O–H groups in total. The van der Waals surface area contributed by atoms with Crippen molar-refractivity contribution in [1.82, 2.24) is 0 Å². The zero-order valence-electron chi connectivity index (χ0n) is 16.6. The fourth-order valence-electron chi connectivity index (χ4n) is 1.89. The van der Waals surface area contributed by atoms with E-state index in [-0.39, 0.29) is 214 Å². The number of phosphoric acid groups is 2. The summed E-state index contributed by atoms with van der Waals surface area (Å²) in [6, 6.07) is 0. The summed E-state index contributed by atoms with van der Waals surface area (Å²) in [6.45, 7) is 2.31. The van der Waals surface area contributed by atoms with Crippen LogP contribution in [0, 0.1) is 0 Å². The maximum atomic E-state index is 10.2. The van der Waals surface area contributed by atoms with Gasteiger partial charge in [0.25, 0.3) is 0 Å². The molecular formula is C13H39Na7O14P2S. The Labute approximate surface area is 374 Å². The SMILES string of the molecule is CCCCCCCCCCCCOS(=O)(=O)O.O=C(O)O.O=P(O)(O)OP(=O)(O)O.[NaH].[NaH].[NaH].[NaH].[NaH].[NaH].[NaH]. The van der Waals surface area contributed by atoms with Gasteiger partial charge in [-0.25, -0.2) is 18.1 Å². The number of carbonyl (C=O) groups is 1. The van der Waals surface area contributed by atoms with Crippen molar-refractivity contribution in [2.45, 2.75) is 71.1 Å². The van der Waals surface area contributed by atoms with Crippen LogP contribution >= 0.6 is 15.6 Å². The third-order valence-corrected chi connectivity index (χ3v) is 5.11. The van der Waals surface area contributed by atoms with Crippen LogP contribution in [0.4, 0.5) is 4.79 Å². The third kappa shape index (κ3) is 99.3. The standard InChI is InChI=1S/C12H26O4S.CH2O3.7Na.H4O7P2.7H/c1-2-3-4-5-6-7-8-9-10-11-12-16-17(13,14)15;2-1(3)4;;;;;;;;1-8(2,3)7-9(4,5)6;;;;;;;/h2-12H2,1H3,(H,13,14,15);(H2,2,3,4);;;;;;;;(H2,1,2,3)(H2,4,5,6);;;;;;;. The molecule has 0 aliphatic carbocycles. The summed E-state index contributed by atoms with van der Waals surface area (Å²) in [5, 5.41) is 13.9. The molecule has 0 rings (SSSR count). The molecular weight excluding hydrogens is 635 g/mol. The van der Waals surface area contributed by atoms with Crippen molar-refractivity contribution in [2.75, 3.05) is 6.61 Å². The van der Waals surface area contributed by atoms with Gasteiger partial charge >= 0.3 is 239 Å². The minimum atomic E-state index is -5.05. The van der Waals surface area contributed by atoms with Gasteiger partial charge in [0.2, 0.25) is 0 Å². The normalized spacial score (nSPS) is 9.46. The Hall–Kier alpha value is 6.40. The van der Waals surface area contributed by atoms with E-state index in [9.17, 15) is 17.5 Å². The molecule has 0 aromatic carbocycles. The average Bonchev–Trinajstić information content (AvgIpc) is 2.48. The van der Waals surface area contributed by atoms with Gasteiger partial charge < -0.3 is 29.8 Å². The van der Waals surface area contributed by atoms with Crippen molar-refractivity contribution in [3.05, 3.63) is 0 Å². The summed E-state index contributed by atoms with van der Waals surface area (Å²) in [6.07, 6.45) is 10.0. The summed E-state index contributed by atoms with van der Waals surface area (Å²) in [5.74, 6) is 0. The van der Waals surface area contributed by atoms with Gasteiger partial charge in [0.05, 0.1) is 6.61 Å². The first-order valence-electron chi connectivity index (χ1n) is 8.86. The Morgan fingerprint density at radius 3 is 1.08 bits per heavy atom. The van der Waals surface area contributed by atoms with Crippen molar-refractivity contribution < 1.29 is 65.2 Å². The number of carboxylic acid groups (broad SMARTS) is 2. The van der Waals surface area contributed by atoms with Gasteiger partial charge in [-0.15, -0.1) is 0 Å². The summed E-state index contributed by atoms with van der Waals surface area (Å²) >= 11 is 0. The molecule has 24 heteroatoms. The van der Waals surface area contributed by atoms with Gasteiger partial charge in [-0.05, 0) is 6.42 Å². The number of rotatable bonds is 14. The molecule has 0 unspecified atom stereocenters. The molecule has 14 nitrogen and oxygen atoms in total. The summed E-state index contributed by atoms with van der Waals surface area (Å²) < 4.78 is 55.2. The van der Waals surface area contributed by atoms with Crippen LogP contribution in [0.15, 0.2) is 0 Å². The van der Waals surface area contributed by atoms with E-state index in [2.05, 4.69) is 15.4 Å². The first-order valence-corrected chi connectivity index (χ1v) is 13.3. The van der Waals surface area contributed by atoms with Crippen LogP contribution in [0.2, 0.25) is 0 Å². The van der Waals surface area contributed by atoms with E-state index in [1.165, 1.54) is 44.9 Å². The molecule has 0 aliphatic heterocycles. The number of unbranched alkanes of at least 4 members (excludes halogenated alkanes) is 9. The molecule has 0 aromatic rings. The summed E-state index contributed by atoms with van der Waals surface area (Å²) in [7, 11) is -14.3. The van der Waals surface area contributed by atoms with Crippen molar-refractivity contribution >= 4 is 239 Å². The molecule has 0 radical (unpaired) electrons. The molecule has 0 saturated carbocycles. The molecule has 0 aromatic heterocycles. The zero-order chi connectivity index (χ0) is 24.3. The van der Waals surface area contributed by atoms with Crippen molar-refractivity contribution in [3.8, 4) is 0 Å². The van der Waals surface area contributed by atoms with Crippen molar-refractivity contribution in [3.63, 3.8) is 0 Å². The molecule has 37 heavy (non-hydrogen) atoms. The van der Waals surface area contributed by atoms with E-state index in [1.54, 1.807) is 0 Å². The van der Waals surface area contributed by atoms with Crippen LogP contribution in [0.3, 0.4) is 0 Å². The molecule has 0 bridgehead atoms. The van der Waals surface area contributed by atoms with Crippen molar-refractivity contribution in [2.24, 2.45) is 0 Å². The second kappa shape index (κ2) is 44.5. The Morgan fingerprint density at radius 2 is 0.892 bits per heavy atom. The van der Waals surface area contributed by atoms with Crippen LogP contribution in [0.5, 0.6) is 0 Å². The van der Waals surface area contributed by atoms with Crippen LogP contribution < -0.4 is 0 Å². The van der Waals surface area contributed by atoms with Gasteiger partial charge in [-0.1, -0.05) is 64.7 Å². The van der Waals surface area contributed by atoms with Crippen LogP contribution in [0.25, 0.3) is 0 Å². The van der Waals surface area contributed by atoms with E-state index in [1.807, 2.05) is 0 Å². The zero-order valence-corrected chi connectivity index (χ0v) is 19.2. The number of hydrogen-bond donors (Lipinski definition) is 7. The molecule has 198 valence electrons. The second-order valence-electron chi connectivity index (χ2n) is 5.78. The molecule has 0 aliphatic rings. The minimum absolute atomic E-state index is 0. The Kier molecular flexibility index (Phi) is 84.2. The predicted octanol–water partition coefficient (Wildman–Crippen LogP) is -1.40. The monoisotopic (exact) mass is 674 g/mol. The quantitative estimate of drug-likeness (QED) is 0.0485. The average molecular weight is 674 g/mol. The van der Waals surface area contributed by atoms with Crippen LogP contribution in [0.1, 0.15) is 71.1 Å². The first-order chi connectivity index (χ1) is 13.5. The molecule has 0 atom stereocenters. The van der Waals surface area contributed by atoms with Crippen molar-refractivity contribution in [1.29, 1.82) is 0 Å². The van der Waals surface area contributed by atoms with E-state index < -0.39 is 32.2 Å².